The summed E-state index contributed by atoms with van der Waals surface area (Å²) in [5.41, 5.74) is 8.92. The maximum atomic E-state index is 5.86. The number of benzene rings is 1. The molecule has 0 amide bonds. The van der Waals surface area contributed by atoms with Crippen molar-refractivity contribution in [1.82, 2.24) is 0 Å². The van der Waals surface area contributed by atoms with Crippen LogP contribution in [0.5, 0.6) is 0 Å². The molecule has 3 nitrogen and oxygen atoms in total. The van der Waals surface area contributed by atoms with E-state index < -0.39 is 0 Å². The number of anilines is 2. The van der Waals surface area contributed by atoms with Crippen LogP contribution in [0.2, 0.25) is 0 Å². The lowest BCUT2D eigenvalue weighted by molar-refractivity contribution is 0.108. The Morgan fingerprint density at radius 2 is 2.18 bits per heavy atom. The number of ether oxygens (including phenoxy) is 1. The van der Waals surface area contributed by atoms with E-state index in [1.165, 1.54) is 0 Å². The molecule has 0 spiro atoms. The molecule has 0 bridgehead atoms. The lowest BCUT2D eigenvalue weighted by atomic mass is 10.1. The van der Waals surface area contributed by atoms with Crippen molar-refractivity contribution in [3.8, 4) is 0 Å². The second kappa shape index (κ2) is 5.27. The van der Waals surface area contributed by atoms with Crippen molar-refractivity contribution in [2.75, 3.05) is 18.2 Å². The number of methoxy groups -OCH3 is 1. The minimum atomic E-state index is 0.404. The number of rotatable bonds is 3. The Hall–Kier alpha value is -0.740. The van der Waals surface area contributed by atoms with Crippen LogP contribution < -0.4 is 11.1 Å². The van der Waals surface area contributed by atoms with Gasteiger partial charge in [0.25, 0.3) is 0 Å². The lowest BCUT2D eigenvalue weighted by Gasteiger charge is -2.17. The van der Waals surface area contributed by atoms with Crippen molar-refractivity contribution in [3.63, 3.8) is 0 Å². The molecule has 2 rings (SSSR count). The van der Waals surface area contributed by atoms with Gasteiger partial charge in [0.05, 0.1) is 6.10 Å². The Morgan fingerprint density at radius 3 is 2.82 bits per heavy atom. The van der Waals surface area contributed by atoms with Crippen molar-refractivity contribution < 1.29 is 4.74 Å². The van der Waals surface area contributed by atoms with Gasteiger partial charge in [-0.3, -0.25) is 0 Å². The molecular weight excluding hydrogens is 280 g/mol. The molecule has 1 aromatic rings. The first-order valence-corrected chi connectivity index (χ1v) is 6.74. The molecule has 1 aromatic carbocycles. The fraction of sp³-hybridized carbons (Fsp3) is 0.538. The summed E-state index contributed by atoms with van der Waals surface area (Å²) in [5, 5.41) is 3.56. The molecule has 0 heterocycles. The highest BCUT2D eigenvalue weighted by Crippen LogP contribution is 2.31. The predicted molar refractivity (Wildman–Crippen MR) is 75.4 cm³/mol. The molecule has 0 radical (unpaired) electrons. The maximum absolute atomic E-state index is 5.86. The Morgan fingerprint density at radius 1 is 1.41 bits per heavy atom. The van der Waals surface area contributed by atoms with Gasteiger partial charge < -0.3 is 15.8 Å². The summed E-state index contributed by atoms with van der Waals surface area (Å²) in [6.45, 7) is 2.03. The van der Waals surface area contributed by atoms with Crippen molar-refractivity contribution in [1.29, 1.82) is 0 Å². The largest absolute Gasteiger partial charge is 0.398 e. The number of nitrogens with two attached hydrogens (primary N) is 1. The molecule has 2 atom stereocenters. The van der Waals surface area contributed by atoms with E-state index in [4.69, 9.17) is 10.5 Å². The van der Waals surface area contributed by atoms with Crippen molar-refractivity contribution in [3.05, 3.63) is 22.2 Å². The van der Waals surface area contributed by atoms with Crippen LogP contribution in [0.15, 0.2) is 16.6 Å². The van der Waals surface area contributed by atoms with Gasteiger partial charge in [0.1, 0.15) is 0 Å². The van der Waals surface area contributed by atoms with Gasteiger partial charge in [-0.1, -0.05) is 0 Å². The van der Waals surface area contributed by atoms with Crippen LogP contribution in [0.4, 0.5) is 11.4 Å². The molecule has 0 aliphatic heterocycles. The zero-order chi connectivity index (χ0) is 12.4. The normalized spacial score (nSPS) is 23.9. The molecule has 94 valence electrons. The Labute approximate surface area is 111 Å². The van der Waals surface area contributed by atoms with Crippen LogP contribution >= 0.6 is 15.9 Å². The molecule has 17 heavy (non-hydrogen) atoms. The van der Waals surface area contributed by atoms with Gasteiger partial charge in [-0.2, -0.15) is 0 Å². The van der Waals surface area contributed by atoms with E-state index in [1.54, 1.807) is 7.11 Å². The van der Waals surface area contributed by atoms with E-state index in [9.17, 15) is 0 Å². The molecule has 1 aliphatic rings. The van der Waals surface area contributed by atoms with Crippen LogP contribution in [0.25, 0.3) is 0 Å². The number of nitrogen functional groups attached to an aromatic ring is 1. The van der Waals surface area contributed by atoms with E-state index >= 15 is 0 Å². The lowest BCUT2D eigenvalue weighted by Crippen LogP contribution is -2.17. The first kappa shape index (κ1) is 12.7. The molecule has 0 aromatic heterocycles. The predicted octanol–water partition coefficient (Wildman–Crippen LogP) is 3.32. The summed E-state index contributed by atoms with van der Waals surface area (Å²) in [7, 11) is 1.79. The van der Waals surface area contributed by atoms with Gasteiger partial charge in [0, 0.05) is 29.0 Å². The summed E-state index contributed by atoms with van der Waals surface area (Å²) in [4.78, 5) is 0. The Bertz CT molecular complexity index is 409. The third kappa shape index (κ3) is 2.93. The average Bonchev–Trinajstić information content (AvgIpc) is 2.73. The fourth-order valence-electron chi connectivity index (χ4n) is 2.31. The van der Waals surface area contributed by atoms with Gasteiger partial charge >= 0.3 is 0 Å². The maximum Gasteiger partial charge on any atom is 0.0591 e. The summed E-state index contributed by atoms with van der Waals surface area (Å²) in [5.74, 6) is 0. The quantitative estimate of drug-likeness (QED) is 0.842. The van der Waals surface area contributed by atoms with Gasteiger partial charge in [-0.25, -0.2) is 0 Å². The van der Waals surface area contributed by atoms with Crippen LogP contribution in [0.3, 0.4) is 0 Å². The third-order valence-electron chi connectivity index (χ3n) is 3.43. The summed E-state index contributed by atoms with van der Waals surface area (Å²) in [6, 6.07) is 4.55. The van der Waals surface area contributed by atoms with Crippen LogP contribution in [-0.2, 0) is 4.74 Å². The molecule has 1 saturated carbocycles. The standard InChI is InChI=1S/C13H19BrN2O/c1-8-5-13(11(14)7-12(8)15)16-9-3-4-10(6-9)17-2/h5,7,9-10,16H,3-4,6,15H2,1-2H3. The average molecular weight is 299 g/mol. The monoisotopic (exact) mass is 298 g/mol. The van der Waals surface area contributed by atoms with Gasteiger partial charge in [0.2, 0.25) is 0 Å². The topological polar surface area (TPSA) is 47.3 Å². The van der Waals surface area contributed by atoms with E-state index in [1.807, 2.05) is 13.0 Å². The minimum absolute atomic E-state index is 0.404. The van der Waals surface area contributed by atoms with Crippen molar-refractivity contribution in [2.24, 2.45) is 0 Å². The molecule has 0 saturated heterocycles. The highest BCUT2D eigenvalue weighted by atomic mass is 79.9. The number of hydrogen-bond acceptors (Lipinski definition) is 3. The first-order chi connectivity index (χ1) is 8.10. The molecule has 1 fully saturated rings. The third-order valence-corrected chi connectivity index (χ3v) is 4.09. The zero-order valence-corrected chi connectivity index (χ0v) is 11.9. The van der Waals surface area contributed by atoms with Crippen LogP contribution in [-0.4, -0.2) is 19.3 Å². The Balaban J connectivity index is 2.06. The summed E-state index contributed by atoms with van der Waals surface area (Å²) in [6.07, 6.45) is 3.78. The number of hydrogen-bond donors (Lipinski definition) is 2. The first-order valence-electron chi connectivity index (χ1n) is 5.95. The second-order valence-electron chi connectivity index (χ2n) is 4.70. The van der Waals surface area contributed by atoms with Gasteiger partial charge in [0.15, 0.2) is 0 Å². The van der Waals surface area contributed by atoms with Crippen molar-refractivity contribution >= 4 is 27.3 Å². The van der Waals surface area contributed by atoms with Crippen LogP contribution in [0.1, 0.15) is 24.8 Å². The van der Waals surface area contributed by atoms with Gasteiger partial charge in [-0.05, 0) is 59.8 Å². The second-order valence-corrected chi connectivity index (χ2v) is 5.56. The Kier molecular flexibility index (Phi) is 3.94. The summed E-state index contributed by atoms with van der Waals surface area (Å²) >= 11 is 3.55. The molecular formula is C13H19BrN2O. The molecule has 3 N–H and O–H groups in total. The SMILES string of the molecule is COC1CCC(Nc2cc(C)c(N)cc2Br)C1. The smallest absolute Gasteiger partial charge is 0.0591 e. The van der Waals surface area contributed by atoms with Crippen LogP contribution in [0, 0.1) is 6.92 Å². The molecule has 1 aliphatic carbocycles. The number of nitrogens with one attached hydrogen (secondary N) is 1. The van der Waals surface area contributed by atoms with Gasteiger partial charge in [-0.15, -0.1) is 0 Å². The minimum Gasteiger partial charge on any atom is -0.398 e. The molecule has 2 unspecified atom stereocenters. The molecule has 4 heteroatoms. The highest BCUT2D eigenvalue weighted by Gasteiger charge is 2.24. The van der Waals surface area contributed by atoms with E-state index in [0.29, 0.717) is 12.1 Å². The highest BCUT2D eigenvalue weighted by molar-refractivity contribution is 9.10. The van der Waals surface area contributed by atoms with E-state index in [-0.39, 0.29) is 0 Å². The fourth-order valence-corrected chi connectivity index (χ4v) is 2.79. The van der Waals surface area contributed by atoms with Crippen molar-refractivity contribution in [2.45, 2.75) is 38.3 Å². The zero-order valence-electron chi connectivity index (χ0n) is 10.3. The number of halogens is 1. The van der Waals surface area contributed by atoms with E-state index in [2.05, 4.69) is 27.3 Å². The number of aryl methyl sites for hydroxylation is 1. The summed E-state index contributed by atoms with van der Waals surface area (Å²) < 4.78 is 6.41. The van der Waals surface area contributed by atoms with E-state index in [0.717, 1.165) is 40.7 Å².